The maximum absolute atomic E-state index is 2.63. The number of para-hydroxylation sites is 1. The molecule has 0 spiro atoms. The Morgan fingerprint density at radius 2 is 0.855 bits per heavy atom. The summed E-state index contributed by atoms with van der Waals surface area (Å²) in [6.07, 6.45) is 9.38. The summed E-state index contributed by atoms with van der Waals surface area (Å²) in [4.78, 5) is 2.63. The molecule has 1 nitrogen and oxygen atoms in total. The van der Waals surface area contributed by atoms with Crippen molar-refractivity contribution in [2.75, 3.05) is 4.90 Å². The van der Waals surface area contributed by atoms with Crippen LogP contribution >= 0.6 is 0 Å². The average molecular weight is 980 g/mol. The number of benzene rings is 11. The van der Waals surface area contributed by atoms with Gasteiger partial charge in [-0.15, -0.1) is 0 Å². The maximum atomic E-state index is 2.63. The SMILES string of the molecule is CC(C)(C)c1cc(-c2cccc3cccc(-c4ccccc4N(c4ccc(-c5ccc(-c6cccc7ccccc67)cc5)cc4)C4C=CC=CC4(C)c4cccc5cccc(-c6ccccc6)c45)c23)cc(C(C)(C)C)c1. The summed E-state index contributed by atoms with van der Waals surface area (Å²) < 4.78 is 0. The summed E-state index contributed by atoms with van der Waals surface area (Å²) in [5, 5.41) is 7.52. The monoisotopic (exact) mass is 980 g/mol. The second kappa shape index (κ2) is 19.3. The molecule has 1 aliphatic carbocycles. The highest BCUT2D eigenvalue weighted by atomic mass is 15.2. The molecule has 0 aliphatic heterocycles. The quantitative estimate of drug-likeness (QED) is 0.139. The minimum atomic E-state index is -0.483. The van der Waals surface area contributed by atoms with Crippen LogP contribution in [-0.2, 0) is 16.2 Å². The van der Waals surface area contributed by atoms with Crippen molar-refractivity contribution >= 4 is 43.7 Å². The largest absolute Gasteiger partial charge is 0.333 e. The predicted molar refractivity (Wildman–Crippen MR) is 328 cm³/mol. The van der Waals surface area contributed by atoms with Gasteiger partial charge in [0.1, 0.15) is 0 Å². The minimum Gasteiger partial charge on any atom is -0.333 e. The van der Waals surface area contributed by atoms with Crippen LogP contribution < -0.4 is 4.90 Å². The van der Waals surface area contributed by atoms with Crippen LogP contribution in [0, 0.1) is 0 Å². The second-order valence-corrected chi connectivity index (χ2v) is 23.1. The molecule has 1 aliphatic rings. The molecule has 0 saturated carbocycles. The van der Waals surface area contributed by atoms with E-state index < -0.39 is 5.41 Å². The number of hydrogen-bond acceptors (Lipinski definition) is 1. The smallest absolute Gasteiger partial charge is 0.0654 e. The van der Waals surface area contributed by atoms with Gasteiger partial charge in [-0.1, -0.05) is 284 Å². The zero-order valence-corrected chi connectivity index (χ0v) is 44.9. The van der Waals surface area contributed by atoms with E-state index >= 15 is 0 Å². The lowest BCUT2D eigenvalue weighted by Gasteiger charge is -2.45. The fourth-order valence-corrected chi connectivity index (χ4v) is 11.9. The van der Waals surface area contributed by atoms with E-state index in [9.17, 15) is 0 Å². The van der Waals surface area contributed by atoms with E-state index in [2.05, 4.69) is 314 Å². The van der Waals surface area contributed by atoms with Crippen molar-refractivity contribution in [1.29, 1.82) is 0 Å². The summed E-state index contributed by atoms with van der Waals surface area (Å²) in [5.41, 5.74) is 17.9. The van der Waals surface area contributed by atoms with Crippen LogP contribution in [0.1, 0.15) is 65.2 Å². The van der Waals surface area contributed by atoms with Gasteiger partial charge < -0.3 is 4.90 Å². The Balaban J connectivity index is 1.05. The molecule has 12 rings (SSSR count). The highest BCUT2D eigenvalue weighted by Crippen LogP contribution is 2.49. The number of allylic oxidation sites excluding steroid dienone is 2. The van der Waals surface area contributed by atoms with E-state index in [1.165, 1.54) is 105 Å². The standard InChI is InChI=1S/C75H65N/c1-73(2,3)59-48-58(49-60(50-59)74(4,5)6)65-34-18-26-56-27-20-35-67(71(56)65)66-31-13-14-37-69(66)76(61-45-43-52(44-46-61)51-39-41-55(42-40-51)63-32-17-25-53-24-11-12-30-62(53)63)70-38-15-16-47-75(70,7)68-36-21-29-57-28-19-33-64(72(57)68)54-22-9-8-10-23-54/h8-50,70H,1-7H3. The third-order valence-corrected chi connectivity index (χ3v) is 16.1. The van der Waals surface area contributed by atoms with Gasteiger partial charge in [-0.25, -0.2) is 0 Å². The van der Waals surface area contributed by atoms with E-state index in [1.54, 1.807) is 0 Å². The zero-order chi connectivity index (χ0) is 52.2. The van der Waals surface area contributed by atoms with Crippen LogP contribution in [0.15, 0.2) is 261 Å². The van der Waals surface area contributed by atoms with Crippen LogP contribution in [0.3, 0.4) is 0 Å². The van der Waals surface area contributed by atoms with E-state index in [0.717, 1.165) is 11.4 Å². The number of nitrogens with zero attached hydrogens (tertiary/aromatic N) is 1. The maximum Gasteiger partial charge on any atom is 0.0654 e. The highest BCUT2D eigenvalue weighted by molar-refractivity contribution is 6.09. The molecular formula is C75H65N. The first kappa shape index (κ1) is 48.4. The van der Waals surface area contributed by atoms with Crippen LogP contribution in [0.25, 0.3) is 88.0 Å². The molecule has 2 unspecified atom stereocenters. The first-order chi connectivity index (χ1) is 36.8. The molecule has 0 heterocycles. The van der Waals surface area contributed by atoms with Gasteiger partial charge in [0.25, 0.3) is 0 Å². The third kappa shape index (κ3) is 8.84. The molecule has 0 N–H and O–H groups in total. The van der Waals surface area contributed by atoms with Gasteiger partial charge in [-0.3, -0.25) is 0 Å². The normalized spacial score (nSPS) is 15.6. The van der Waals surface area contributed by atoms with Crippen molar-refractivity contribution in [3.05, 3.63) is 278 Å². The minimum absolute atomic E-state index is 0.0203. The van der Waals surface area contributed by atoms with Gasteiger partial charge in [-0.05, 0) is 135 Å². The van der Waals surface area contributed by atoms with Gasteiger partial charge in [0.2, 0.25) is 0 Å². The molecule has 76 heavy (non-hydrogen) atoms. The van der Waals surface area contributed by atoms with Crippen molar-refractivity contribution in [2.45, 2.75) is 70.8 Å². The Bertz CT molecular complexity index is 3960. The van der Waals surface area contributed by atoms with Crippen molar-refractivity contribution in [3.63, 3.8) is 0 Å². The topological polar surface area (TPSA) is 3.24 Å². The molecule has 2 atom stereocenters. The fraction of sp³-hybridized carbons (Fsp3) is 0.147. The number of rotatable bonds is 9. The van der Waals surface area contributed by atoms with Crippen LogP contribution in [0.4, 0.5) is 11.4 Å². The molecule has 0 radical (unpaired) electrons. The number of anilines is 2. The van der Waals surface area contributed by atoms with Gasteiger partial charge in [0.05, 0.1) is 6.04 Å². The Labute approximate surface area is 450 Å². The molecule has 0 amide bonds. The number of fused-ring (bicyclic) bond motifs is 3. The summed E-state index contributed by atoms with van der Waals surface area (Å²) >= 11 is 0. The molecule has 1 heteroatoms. The third-order valence-electron chi connectivity index (χ3n) is 16.1. The first-order valence-corrected chi connectivity index (χ1v) is 27.0. The van der Waals surface area contributed by atoms with E-state index in [1.807, 2.05) is 0 Å². The van der Waals surface area contributed by atoms with Crippen LogP contribution in [0.5, 0.6) is 0 Å². The average Bonchev–Trinajstić information content (AvgIpc) is 3.47. The molecule has 0 bridgehead atoms. The molecule has 0 aromatic heterocycles. The van der Waals surface area contributed by atoms with Crippen LogP contribution in [0.2, 0.25) is 0 Å². The predicted octanol–water partition coefficient (Wildman–Crippen LogP) is 20.7. The summed E-state index contributed by atoms with van der Waals surface area (Å²) in [6, 6.07) is 88.2. The van der Waals surface area contributed by atoms with E-state index in [4.69, 9.17) is 0 Å². The molecule has 0 fully saturated rings. The lowest BCUT2D eigenvalue weighted by Crippen LogP contribution is -2.46. The second-order valence-electron chi connectivity index (χ2n) is 23.1. The van der Waals surface area contributed by atoms with Crippen molar-refractivity contribution < 1.29 is 0 Å². The van der Waals surface area contributed by atoms with Crippen molar-refractivity contribution in [2.24, 2.45) is 0 Å². The van der Waals surface area contributed by atoms with E-state index in [-0.39, 0.29) is 16.9 Å². The zero-order valence-electron chi connectivity index (χ0n) is 44.9. The molecule has 370 valence electrons. The lowest BCUT2D eigenvalue weighted by atomic mass is 9.70. The summed E-state index contributed by atoms with van der Waals surface area (Å²) in [7, 11) is 0. The summed E-state index contributed by atoms with van der Waals surface area (Å²) in [6.45, 7) is 16.4. The fourth-order valence-electron chi connectivity index (χ4n) is 11.9. The molecule has 0 saturated heterocycles. The molecular weight excluding hydrogens is 915 g/mol. The van der Waals surface area contributed by atoms with E-state index in [0.29, 0.717) is 0 Å². The molecule has 11 aromatic rings. The lowest BCUT2D eigenvalue weighted by molar-refractivity contribution is 0.515. The van der Waals surface area contributed by atoms with Crippen molar-refractivity contribution in [1.82, 2.24) is 0 Å². The van der Waals surface area contributed by atoms with Crippen LogP contribution in [-0.4, -0.2) is 6.04 Å². The molecule has 11 aromatic carbocycles. The first-order valence-electron chi connectivity index (χ1n) is 27.0. The Hall–Kier alpha value is -8.52. The Kier molecular flexibility index (Phi) is 12.3. The Morgan fingerprint density at radius 3 is 1.53 bits per heavy atom. The van der Waals surface area contributed by atoms with Gasteiger partial charge >= 0.3 is 0 Å². The summed E-state index contributed by atoms with van der Waals surface area (Å²) in [5.74, 6) is 0. The Morgan fingerprint density at radius 1 is 0.368 bits per heavy atom. The highest BCUT2D eigenvalue weighted by Gasteiger charge is 2.40. The van der Waals surface area contributed by atoms with Gasteiger partial charge in [0, 0.05) is 22.4 Å². The van der Waals surface area contributed by atoms with Crippen molar-refractivity contribution in [3.8, 4) is 55.6 Å². The van der Waals surface area contributed by atoms with Gasteiger partial charge in [-0.2, -0.15) is 0 Å². The van der Waals surface area contributed by atoms with Gasteiger partial charge in [0.15, 0.2) is 0 Å². The number of hydrogen-bond donors (Lipinski definition) is 0.